The Bertz CT molecular complexity index is 1270. The number of Topliss-reactive ketones (excluding diaryl/α,β-unsaturated/α-hetero) is 1. The number of H-pyrrole nitrogens is 1. The number of carbonyl (C=O) groups excluding carboxylic acids is 1. The van der Waals surface area contributed by atoms with E-state index in [2.05, 4.69) is 32.2 Å². The van der Waals surface area contributed by atoms with Gasteiger partial charge in [-0.05, 0) is 68.2 Å². The van der Waals surface area contributed by atoms with Gasteiger partial charge in [0.2, 0.25) is 5.88 Å². The van der Waals surface area contributed by atoms with Gasteiger partial charge in [0, 0.05) is 49.5 Å². The van der Waals surface area contributed by atoms with Crippen molar-refractivity contribution in [3.05, 3.63) is 66.6 Å². The van der Waals surface area contributed by atoms with Crippen LogP contribution in [0.3, 0.4) is 0 Å². The fourth-order valence-corrected chi connectivity index (χ4v) is 4.55. The summed E-state index contributed by atoms with van der Waals surface area (Å²) in [4.78, 5) is 23.5. The van der Waals surface area contributed by atoms with E-state index in [9.17, 15) is 4.79 Å². The summed E-state index contributed by atoms with van der Waals surface area (Å²) >= 11 is 0. The lowest BCUT2D eigenvalue weighted by molar-refractivity contribution is -0.123. The lowest BCUT2D eigenvalue weighted by atomic mass is 9.92. The van der Waals surface area contributed by atoms with Crippen LogP contribution in [0.5, 0.6) is 11.6 Å². The molecular weight excluding hydrogens is 442 g/mol. The second-order valence-corrected chi connectivity index (χ2v) is 9.01. The third-order valence-corrected chi connectivity index (χ3v) is 6.40. The summed E-state index contributed by atoms with van der Waals surface area (Å²) in [6.45, 7) is 3.02. The maximum atomic E-state index is 11.8. The average molecular weight is 472 g/mol. The van der Waals surface area contributed by atoms with Crippen LogP contribution in [0.2, 0.25) is 0 Å². The maximum Gasteiger partial charge on any atom is 0.219 e. The summed E-state index contributed by atoms with van der Waals surface area (Å²) in [7, 11) is 1.57. The van der Waals surface area contributed by atoms with Gasteiger partial charge in [-0.15, -0.1) is 0 Å². The highest BCUT2D eigenvalue weighted by Gasteiger charge is 2.21. The Hall–Kier alpha value is -3.62. The van der Waals surface area contributed by atoms with Crippen molar-refractivity contribution >= 4 is 16.7 Å². The second kappa shape index (κ2) is 10.8. The molecule has 1 aliphatic heterocycles. The van der Waals surface area contributed by atoms with Crippen LogP contribution < -0.4 is 4.74 Å². The van der Waals surface area contributed by atoms with Crippen molar-refractivity contribution in [3.8, 4) is 22.9 Å². The van der Waals surface area contributed by atoms with Crippen molar-refractivity contribution < 1.29 is 14.3 Å². The number of methoxy groups -OCH3 is 1. The zero-order chi connectivity index (χ0) is 24.0. The number of benzene rings is 1. The number of rotatable bonds is 9. The highest BCUT2D eigenvalue weighted by molar-refractivity contribution is 5.80. The molecule has 1 aliphatic rings. The topological polar surface area (TPSA) is 93.2 Å². The number of aromatic amines is 1. The van der Waals surface area contributed by atoms with Crippen LogP contribution in [0, 0.1) is 5.92 Å². The number of pyridine rings is 2. The molecule has 4 heterocycles. The minimum Gasteiger partial charge on any atom is -0.439 e. The maximum absolute atomic E-state index is 11.8. The molecule has 4 aromatic rings. The predicted octanol–water partition coefficient (Wildman–Crippen LogP) is 4.63. The van der Waals surface area contributed by atoms with Crippen molar-refractivity contribution in [2.45, 2.75) is 25.8 Å². The normalized spacial score (nSPS) is 14.9. The van der Waals surface area contributed by atoms with E-state index in [0.29, 0.717) is 18.2 Å². The summed E-state index contributed by atoms with van der Waals surface area (Å²) < 4.78 is 10.9. The number of ether oxygens (including phenoxy) is 2. The van der Waals surface area contributed by atoms with Gasteiger partial charge in [-0.1, -0.05) is 6.07 Å². The molecule has 0 aliphatic carbocycles. The van der Waals surface area contributed by atoms with Gasteiger partial charge in [0.05, 0.1) is 16.9 Å². The molecule has 5 rings (SSSR count). The van der Waals surface area contributed by atoms with E-state index in [1.54, 1.807) is 19.5 Å². The molecule has 0 spiro atoms. The lowest BCUT2D eigenvalue weighted by Gasteiger charge is -2.31. The Kier molecular flexibility index (Phi) is 7.11. The smallest absolute Gasteiger partial charge is 0.219 e. The first-order chi connectivity index (χ1) is 17.2. The number of nitrogens with one attached hydrogen (secondary N) is 1. The number of carbonyl (C=O) groups is 1. The van der Waals surface area contributed by atoms with Gasteiger partial charge < -0.3 is 9.47 Å². The molecule has 8 nitrogen and oxygen atoms in total. The van der Waals surface area contributed by atoms with Crippen LogP contribution in [0.4, 0.5) is 0 Å². The van der Waals surface area contributed by atoms with Crippen LogP contribution in [0.15, 0.2) is 60.9 Å². The SMILES string of the molecule is COCC(=O)CC1CCN(Cc2ccc3cc(Oc4ccc(-c5ccn[nH]5)cn4)ccc3n2)CC1. The van der Waals surface area contributed by atoms with Crippen LogP contribution >= 0.6 is 0 Å². The molecule has 0 bridgehead atoms. The van der Waals surface area contributed by atoms with Gasteiger partial charge in [-0.25, -0.2) is 4.98 Å². The molecule has 0 unspecified atom stereocenters. The van der Waals surface area contributed by atoms with E-state index in [0.717, 1.165) is 66.1 Å². The van der Waals surface area contributed by atoms with E-state index >= 15 is 0 Å². The van der Waals surface area contributed by atoms with Crippen LogP contribution in [0.25, 0.3) is 22.2 Å². The first-order valence-corrected chi connectivity index (χ1v) is 11.9. The summed E-state index contributed by atoms with van der Waals surface area (Å²) in [6, 6.07) is 15.8. The number of aromatic nitrogens is 4. The van der Waals surface area contributed by atoms with Gasteiger partial charge in [-0.3, -0.25) is 19.8 Å². The number of ketones is 1. The number of likely N-dealkylation sites (tertiary alicyclic amines) is 1. The number of nitrogens with zero attached hydrogens (tertiary/aromatic N) is 4. The molecule has 0 atom stereocenters. The molecule has 1 saturated heterocycles. The molecule has 180 valence electrons. The molecule has 8 heteroatoms. The van der Waals surface area contributed by atoms with Gasteiger partial charge in [-0.2, -0.15) is 5.10 Å². The van der Waals surface area contributed by atoms with E-state index in [4.69, 9.17) is 14.5 Å². The Balaban J connectivity index is 1.17. The molecule has 3 aromatic heterocycles. The first-order valence-electron chi connectivity index (χ1n) is 11.9. The summed E-state index contributed by atoms with van der Waals surface area (Å²) in [6.07, 6.45) is 6.19. The van der Waals surface area contributed by atoms with E-state index < -0.39 is 0 Å². The minimum absolute atomic E-state index is 0.201. The Morgan fingerprint density at radius 3 is 2.74 bits per heavy atom. The van der Waals surface area contributed by atoms with E-state index in [1.807, 2.05) is 36.4 Å². The second-order valence-electron chi connectivity index (χ2n) is 9.01. The summed E-state index contributed by atoms with van der Waals surface area (Å²) in [5, 5.41) is 7.92. The van der Waals surface area contributed by atoms with Gasteiger partial charge >= 0.3 is 0 Å². The number of piperidine rings is 1. The fraction of sp³-hybridized carbons (Fsp3) is 0.333. The third-order valence-electron chi connectivity index (χ3n) is 6.40. The Morgan fingerprint density at radius 1 is 1.11 bits per heavy atom. The molecule has 1 fully saturated rings. The molecule has 1 aromatic carbocycles. The van der Waals surface area contributed by atoms with E-state index in [-0.39, 0.29) is 12.4 Å². The molecule has 0 radical (unpaired) electrons. The van der Waals surface area contributed by atoms with Crippen molar-refractivity contribution in [1.82, 2.24) is 25.1 Å². The highest BCUT2D eigenvalue weighted by atomic mass is 16.5. The average Bonchev–Trinajstić information content (AvgIpc) is 3.41. The fourth-order valence-electron chi connectivity index (χ4n) is 4.55. The molecular formula is C27H29N5O3. The van der Waals surface area contributed by atoms with Gasteiger partial charge in [0.15, 0.2) is 5.78 Å². The van der Waals surface area contributed by atoms with Crippen LogP contribution in [-0.2, 0) is 16.1 Å². The zero-order valence-corrected chi connectivity index (χ0v) is 19.8. The molecule has 0 saturated carbocycles. The lowest BCUT2D eigenvalue weighted by Crippen LogP contribution is -2.34. The number of hydrogen-bond donors (Lipinski definition) is 1. The Labute approximate surface area is 204 Å². The van der Waals surface area contributed by atoms with Crippen molar-refractivity contribution in [3.63, 3.8) is 0 Å². The molecule has 1 N–H and O–H groups in total. The summed E-state index contributed by atoms with van der Waals surface area (Å²) in [5.74, 6) is 1.92. The predicted molar refractivity (Wildman–Crippen MR) is 133 cm³/mol. The zero-order valence-electron chi connectivity index (χ0n) is 19.8. The van der Waals surface area contributed by atoms with Crippen LogP contribution in [-0.4, -0.2) is 57.7 Å². The van der Waals surface area contributed by atoms with Gasteiger partial charge in [0.1, 0.15) is 12.4 Å². The third kappa shape index (κ3) is 5.90. The molecule has 35 heavy (non-hydrogen) atoms. The van der Waals surface area contributed by atoms with Crippen molar-refractivity contribution in [2.75, 3.05) is 26.8 Å². The van der Waals surface area contributed by atoms with Crippen molar-refractivity contribution in [2.24, 2.45) is 5.92 Å². The largest absolute Gasteiger partial charge is 0.439 e. The monoisotopic (exact) mass is 471 g/mol. The first kappa shape index (κ1) is 23.1. The van der Waals surface area contributed by atoms with Crippen molar-refractivity contribution in [1.29, 1.82) is 0 Å². The van der Waals surface area contributed by atoms with Gasteiger partial charge in [0.25, 0.3) is 0 Å². The Morgan fingerprint density at radius 2 is 2.00 bits per heavy atom. The van der Waals surface area contributed by atoms with Crippen LogP contribution in [0.1, 0.15) is 25.0 Å². The minimum atomic E-state index is 0.201. The number of hydrogen-bond acceptors (Lipinski definition) is 7. The van der Waals surface area contributed by atoms with E-state index in [1.165, 1.54) is 0 Å². The standard InChI is InChI=1S/C27H29N5O3/c1-34-18-23(33)14-19-9-12-32(13-10-19)17-22-4-2-20-15-24(5-6-25(20)30-22)35-27-7-3-21(16-28-27)26-8-11-29-31-26/h2-8,11,15-16,19H,9-10,12-14,17-18H2,1H3,(H,29,31). The quantitative estimate of drug-likeness (QED) is 0.380. The molecule has 0 amide bonds. The summed E-state index contributed by atoms with van der Waals surface area (Å²) in [5.41, 5.74) is 3.86. The highest BCUT2D eigenvalue weighted by Crippen LogP contribution is 2.26. The number of fused-ring (bicyclic) bond motifs is 1.